The van der Waals surface area contributed by atoms with Gasteiger partial charge in [-0.3, -0.25) is 0 Å². The van der Waals surface area contributed by atoms with Crippen molar-refractivity contribution in [1.82, 2.24) is 5.32 Å². The maximum Gasteiger partial charge on any atom is 0.101 e. The van der Waals surface area contributed by atoms with Gasteiger partial charge in [0.15, 0.2) is 0 Å². The molecule has 84 valence electrons. The predicted octanol–water partition coefficient (Wildman–Crippen LogP) is 2.23. The number of hydrogen-bond acceptors (Lipinski definition) is 3. The summed E-state index contributed by atoms with van der Waals surface area (Å²) in [5, 5.41) is 15.9. The zero-order valence-corrected chi connectivity index (χ0v) is 9.72. The van der Waals surface area contributed by atoms with Gasteiger partial charge in [0.1, 0.15) is 6.07 Å². The van der Waals surface area contributed by atoms with Crippen LogP contribution >= 0.6 is 11.6 Å². The maximum absolute atomic E-state index is 8.75. The van der Waals surface area contributed by atoms with Crippen LogP contribution in [0.25, 0.3) is 0 Å². The van der Waals surface area contributed by atoms with Crippen molar-refractivity contribution in [3.05, 3.63) is 28.8 Å². The molecule has 0 aromatic heterocycles. The van der Waals surface area contributed by atoms with Gasteiger partial charge in [-0.2, -0.15) is 5.26 Å². The Labute approximate surface area is 100 Å². The van der Waals surface area contributed by atoms with Gasteiger partial charge in [0.25, 0.3) is 0 Å². The summed E-state index contributed by atoms with van der Waals surface area (Å²) in [5.41, 5.74) is 1.51. The Hall–Kier alpha value is -1.24. The highest BCUT2D eigenvalue weighted by Gasteiger charge is 2.13. The van der Waals surface area contributed by atoms with E-state index in [-0.39, 0.29) is 0 Å². The molecular formula is C12H14ClN3. The average Bonchev–Trinajstić information content (AvgIpc) is 2.79. The third-order valence-corrected chi connectivity index (χ3v) is 3.16. The Morgan fingerprint density at radius 2 is 2.44 bits per heavy atom. The summed E-state index contributed by atoms with van der Waals surface area (Å²) in [7, 11) is 0. The number of nitriles is 1. The van der Waals surface area contributed by atoms with Crippen LogP contribution in [0.2, 0.25) is 5.02 Å². The lowest BCUT2D eigenvalue weighted by Crippen LogP contribution is -2.17. The second-order valence-corrected chi connectivity index (χ2v) is 4.45. The van der Waals surface area contributed by atoms with Gasteiger partial charge in [-0.05, 0) is 43.6 Å². The van der Waals surface area contributed by atoms with Crippen LogP contribution in [-0.4, -0.2) is 19.6 Å². The second-order valence-electron chi connectivity index (χ2n) is 4.05. The quantitative estimate of drug-likeness (QED) is 0.845. The lowest BCUT2D eigenvalue weighted by Gasteiger charge is -2.11. The van der Waals surface area contributed by atoms with E-state index in [9.17, 15) is 0 Å². The van der Waals surface area contributed by atoms with Crippen molar-refractivity contribution in [3.63, 3.8) is 0 Å². The van der Waals surface area contributed by atoms with Crippen molar-refractivity contribution in [2.75, 3.05) is 25.0 Å². The van der Waals surface area contributed by atoms with E-state index in [1.807, 2.05) is 18.2 Å². The molecule has 1 aromatic rings. The first-order chi connectivity index (χ1) is 7.79. The van der Waals surface area contributed by atoms with Gasteiger partial charge in [0.2, 0.25) is 0 Å². The van der Waals surface area contributed by atoms with Gasteiger partial charge < -0.3 is 10.6 Å². The number of hydrogen-bond donors (Lipinski definition) is 2. The molecular weight excluding hydrogens is 222 g/mol. The molecule has 0 saturated carbocycles. The van der Waals surface area contributed by atoms with Crippen molar-refractivity contribution in [2.45, 2.75) is 6.42 Å². The van der Waals surface area contributed by atoms with Crippen molar-refractivity contribution >= 4 is 17.3 Å². The smallest absolute Gasteiger partial charge is 0.101 e. The van der Waals surface area contributed by atoms with Gasteiger partial charge in [0.05, 0.1) is 10.6 Å². The minimum Gasteiger partial charge on any atom is -0.385 e. The van der Waals surface area contributed by atoms with E-state index in [1.165, 1.54) is 6.42 Å². The van der Waals surface area contributed by atoms with Crippen molar-refractivity contribution in [3.8, 4) is 6.07 Å². The average molecular weight is 236 g/mol. The maximum atomic E-state index is 8.75. The molecule has 2 rings (SSSR count). The minimum atomic E-state index is 0.511. The molecule has 4 heteroatoms. The van der Waals surface area contributed by atoms with Crippen molar-refractivity contribution in [2.24, 2.45) is 5.92 Å². The number of halogens is 1. The second kappa shape index (κ2) is 5.20. The summed E-state index contributed by atoms with van der Waals surface area (Å²) in [5.74, 6) is 0.689. The number of nitrogens with one attached hydrogen (secondary N) is 2. The van der Waals surface area contributed by atoms with E-state index in [0.29, 0.717) is 16.5 Å². The van der Waals surface area contributed by atoms with E-state index < -0.39 is 0 Å². The summed E-state index contributed by atoms with van der Waals surface area (Å²) in [6.45, 7) is 3.15. The fourth-order valence-corrected chi connectivity index (χ4v) is 2.09. The molecule has 0 unspecified atom stereocenters. The largest absolute Gasteiger partial charge is 0.385 e. The summed E-state index contributed by atoms with van der Waals surface area (Å²) in [4.78, 5) is 0. The number of anilines is 1. The summed E-state index contributed by atoms with van der Waals surface area (Å²) >= 11 is 5.95. The third-order valence-electron chi connectivity index (χ3n) is 2.85. The number of benzene rings is 1. The van der Waals surface area contributed by atoms with Crippen LogP contribution in [0.5, 0.6) is 0 Å². The van der Waals surface area contributed by atoms with Crippen LogP contribution in [0.3, 0.4) is 0 Å². The molecule has 2 N–H and O–H groups in total. The molecule has 1 saturated heterocycles. The summed E-state index contributed by atoms with van der Waals surface area (Å²) in [6, 6.07) is 7.50. The molecule has 16 heavy (non-hydrogen) atoms. The monoisotopic (exact) mass is 235 g/mol. The normalized spacial score (nSPS) is 19.4. The Kier molecular flexibility index (Phi) is 3.66. The molecule has 0 aliphatic carbocycles. The Morgan fingerprint density at radius 3 is 3.06 bits per heavy atom. The van der Waals surface area contributed by atoms with Gasteiger partial charge >= 0.3 is 0 Å². The molecule has 0 bridgehead atoms. The zero-order chi connectivity index (χ0) is 11.4. The number of nitrogens with zero attached hydrogens (tertiary/aromatic N) is 1. The Bertz CT molecular complexity index is 405. The highest BCUT2D eigenvalue weighted by Crippen LogP contribution is 2.20. The lowest BCUT2D eigenvalue weighted by atomic mass is 10.1. The Morgan fingerprint density at radius 1 is 1.56 bits per heavy atom. The predicted molar refractivity (Wildman–Crippen MR) is 65.6 cm³/mol. The number of rotatable bonds is 3. The van der Waals surface area contributed by atoms with Crippen molar-refractivity contribution < 1.29 is 0 Å². The van der Waals surface area contributed by atoms with Gasteiger partial charge in [-0.15, -0.1) is 0 Å². The minimum absolute atomic E-state index is 0.511. The molecule has 0 amide bonds. The molecule has 3 nitrogen and oxygen atoms in total. The summed E-state index contributed by atoms with van der Waals surface area (Å²) < 4.78 is 0. The van der Waals surface area contributed by atoms with Crippen LogP contribution in [0.15, 0.2) is 18.2 Å². The molecule has 1 atom stereocenters. The molecule has 1 aromatic carbocycles. The van der Waals surface area contributed by atoms with Gasteiger partial charge in [-0.25, -0.2) is 0 Å². The lowest BCUT2D eigenvalue weighted by molar-refractivity contribution is 0.615. The van der Waals surface area contributed by atoms with Gasteiger partial charge in [0, 0.05) is 12.2 Å². The molecule has 1 aliphatic rings. The molecule has 0 radical (unpaired) electrons. The third kappa shape index (κ3) is 2.66. The Balaban J connectivity index is 1.94. The fraction of sp³-hybridized carbons (Fsp3) is 0.417. The standard InChI is InChI=1S/C12H14ClN3/c13-12-5-11(2-1-10(12)6-14)16-8-9-3-4-15-7-9/h1-2,5,9,15-16H,3-4,7-8H2/t9-/m1/s1. The highest BCUT2D eigenvalue weighted by molar-refractivity contribution is 6.32. The summed E-state index contributed by atoms with van der Waals surface area (Å²) in [6.07, 6.45) is 1.22. The van der Waals surface area contributed by atoms with Crippen LogP contribution in [0.4, 0.5) is 5.69 Å². The molecule has 0 spiro atoms. The van der Waals surface area contributed by atoms with E-state index in [2.05, 4.69) is 10.6 Å². The van der Waals surface area contributed by atoms with E-state index in [4.69, 9.17) is 16.9 Å². The van der Waals surface area contributed by atoms with E-state index in [0.717, 1.165) is 25.3 Å². The van der Waals surface area contributed by atoms with Crippen LogP contribution in [0.1, 0.15) is 12.0 Å². The molecule has 1 aliphatic heterocycles. The topological polar surface area (TPSA) is 47.9 Å². The van der Waals surface area contributed by atoms with Crippen LogP contribution < -0.4 is 10.6 Å². The SMILES string of the molecule is N#Cc1ccc(NC[C@@H]2CCNC2)cc1Cl. The van der Waals surface area contributed by atoms with E-state index in [1.54, 1.807) is 6.07 Å². The zero-order valence-electron chi connectivity index (χ0n) is 8.96. The van der Waals surface area contributed by atoms with Crippen LogP contribution in [-0.2, 0) is 0 Å². The van der Waals surface area contributed by atoms with Crippen molar-refractivity contribution in [1.29, 1.82) is 5.26 Å². The highest BCUT2D eigenvalue weighted by atomic mass is 35.5. The first-order valence-electron chi connectivity index (χ1n) is 5.44. The van der Waals surface area contributed by atoms with Gasteiger partial charge in [-0.1, -0.05) is 11.6 Å². The van der Waals surface area contributed by atoms with Crippen LogP contribution in [0, 0.1) is 17.2 Å². The first kappa shape index (κ1) is 11.3. The first-order valence-corrected chi connectivity index (χ1v) is 5.81. The van der Waals surface area contributed by atoms with E-state index >= 15 is 0 Å². The fourth-order valence-electron chi connectivity index (χ4n) is 1.87. The molecule has 1 fully saturated rings. The molecule has 1 heterocycles.